The lowest BCUT2D eigenvalue weighted by Gasteiger charge is -2.16. The Bertz CT molecular complexity index is 300. The molecule has 1 atom stereocenters. The second-order valence-corrected chi connectivity index (χ2v) is 3.66. The van der Waals surface area contributed by atoms with Gasteiger partial charge in [0.2, 0.25) is 0 Å². The fourth-order valence-corrected chi connectivity index (χ4v) is 1.35. The lowest BCUT2D eigenvalue weighted by atomic mass is 9.91. The summed E-state index contributed by atoms with van der Waals surface area (Å²) in [6.45, 7) is 11.9. The molecule has 0 heterocycles. The van der Waals surface area contributed by atoms with Crippen LogP contribution in [0.3, 0.4) is 0 Å². The average molecular weight is 224 g/mol. The van der Waals surface area contributed by atoms with Gasteiger partial charge in [0.1, 0.15) is 5.83 Å². The molecule has 16 heavy (non-hydrogen) atoms. The third-order valence-corrected chi connectivity index (χ3v) is 2.49. The molecule has 0 aliphatic rings. The zero-order valence-corrected chi connectivity index (χ0v) is 10.4. The van der Waals surface area contributed by atoms with E-state index in [1.54, 1.807) is 26.2 Å². The molecule has 0 saturated carbocycles. The van der Waals surface area contributed by atoms with Gasteiger partial charge in [-0.15, -0.1) is 0 Å². The highest BCUT2D eigenvalue weighted by Crippen LogP contribution is 2.27. The number of ether oxygens (including phenoxy) is 1. The quantitative estimate of drug-likeness (QED) is 0.589. The zero-order valence-electron chi connectivity index (χ0n) is 10.4. The molecular formula is C14H21FO. The molecule has 1 unspecified atom stereocenters. The molecule has 1 nitrogen and oxygen atoms in total. The fourth-order valence-electron chi connectivity index (χ4n) is 1.35. The first-order valence-electron chi connectivity index (χ1n) is 5.41. The molecule has 0 aliphatic heterocycles. The van der Waals surface area contributed by atoms with E-state index >= 15 is 0 Å². The van der Waals surface area contributed by atoms with Gasteiger partial charge in [0.25, 0.3) is 0 Å². The molecule has 0 rings (SSSR count). The summed E-state index contributed by atoms with van der Waals surface area (Å²) >= 11 is 0. The minimum atomic E-state index is -0.255. The van der Waals surface area contributed by atoms with Gasteiger partial charge in [0, 0.05) is 19.3 Å². The summed E-state index contributed by atoms with van der Waals surface area (Å²) < 4.78 is 18.6. The smallest absolute Gasteiger partial charge is 0.126 e. The first-order valence-corrected chi connectivity index (χ1v) is 5.41. The van der Waals surface area contributed by atoms with Crippen LogP contribution in [0.4, 0.5) is 4.39 Å². The number of allylic oxidation sites excluding steroid dienone is 6. The van der Waals surface area contributed by atoms with Crippen LogP contribution in [-0.2, 0) is 4.74 Å². The number of methoxy groups -OCH3 is 1. The standard InChI is InChI=1S/C14H21FO/c1-6-8-13(14(15)7-2)12(4)11(3)9-10-16-5/h6-8,11H,1,4,9-10H2,2-3,5H3/b13-8-,14-7+. The van der Waals surface area contributed by atoms with Crippen molar-refractivity contribution in [1.82, 2.24) is 0 Å². The summed E-state index contributed by atoms with van der Waals surface area (Å²) in [6, 6.07) is 0. The number of rotatable bonds is 7. The van der Waals surface area contributed by atoms with E-state index in [4.69, 9.17) is 4.74 Å². The summed E-state index contributed by atoms with van der Waals surface area (Å²) in [5.41, 5.74) is 1.31. The van der Waals surface area contributed by atoms with Gasteiger partial charge in [-0.1, -0.05) is 38.3 Å². The molecule has 0 aromatic heterocycles. The van der Waals surface area contributed by atoms with Gasteiger partial charge in [-0.2, -0.15) is 0 Å². The van der Waals surface area contributed by atoms with Gasteiger partial charge in [-0.3, -0.25) is 0 Å². The molecular weight excluding hydrogens is 203 g/mol. The number of hydrogen-bond acceptors (Lipinski definition) is 1. The minimum absolute atomic E-state index is 0.192. The first kappa shape index (κ1) is 14.8. The van der Waals surface area contributed by atoms with E-state index in [0.717, 1.165) is 12.0 Å². The molecule has 0 aromatic rings. The summed E-state index contributed by atoms with van der Waals surface area (Å²) in [7, 11) is 1.66. The molecule has 0 aromatic carbocycles. The van der Waals surface area contributed by atoms with Crippen molar-refractivity contribution in [1.29, 1.82) is 0 Å². The Labute approximate surface area is 98.0 Å². The fraction of sp³-hybridized carbons (Fsp3) is 0.429. The summed E-state index contributed by atoms with van der Waals surface area (Å²) in [5, 5.41) is 0. The molecule has 0 bridgehead atoms. The predicted molar refractivity (Wildman–Crippen MR) is 67.9 cm³/mol. The van der Waals surface area contributed by atoms with E-state index in [1.807, 2.05) is 6.92 Å². The Hall–Kier alpha value is -1.15. The molecule has 0 aliphatic carbocycles. The maximum Gasteiger partial charge on any atom is 0.126 e. The van der Waals surface area contributed by atoms with Crippen LogP contribution >= 0.6 is 0 Å². The van der Waals surface area contributed by atoms with E-state index in [0.29, 0.717) is 12.2 Å². The second kappa shape index (κ2) is 8.05. The van der Waals surface area contributed by atoms with Crippen molar-refractivity contribution in [3.05, 3.63) is 48.4 Å². The third kappa shape index (κ3) is 4.58. The van der Waals surface area contributed by atoms with Gasteiger partial charge < -0.3 is 4.74 Å². The Morgan fingerprint density at radius 2 is 2.12 bits per heavy atom. The Morgan fingerprint density at radius 3 is 2.56 bits per heavy atom. The predicted octanol–water partition coefficient (Wildman–Crippen LogP) is 4.20. The second-order valence-electron chi connectivity index (χ2n) is 3.66. The third-order valence-electron chi connectivity index (χ3n) is 2.49. The van der Waals surface area contributed by atoms with Crippen LogP contribution in [0.15, 0.2) is 48.4 Å². The van der Waals surface area contributed by atoms with Crippen LogP contribution in [0.5, 0.6) is 0 Å². The van der Waals surface area contributed by atoms with Crippen LogP contribution in [-0.4, -0.2) is 13.7 Å². The summed E-state index contributed by atoms with van der Waals surface area (Å²) in [5.74, 6) is -0.0639. The number of hydrogen-bond donors (Lipinski definition) is 0. The topological polar surface area (TPSA) is 9.23 Å². The molecule has 0 radical (unpaired) electrons. The van der Waals surface area contributed by atoms with Gasteiger partial charge in [-0.05, 0) is 24.8 Å². The van der Waals surface area contributed by atoms with E-state index in [-0.39, 0.29) is 11.7 Å². The van der Waals surface area contributed by atoms with Crippen molar-refractivity contribution in [3.8, 4) is 0 Å². The van der Waals surface area contributed by atoms with Crippen LogP contribution < -0.4 is 0 Å². The van der Waals surface area contributed by atoms with Crippen LogP contribution in [0.2, 0.25) is 0 Å². The number of halogens is 1. The van der Waals surface area contributed by atoms with Crippen molar-refractivity contribution in [2.45, 2.75) is 20.3 Å². The van der Waals surface area contributed by atoms with E-state index in [9.17, 15) is 4.39 Å². The van der Waals surface area contributed by atoms with E-state index < -0.39 is 0 Å². The maximum atomic E-state index is 13.6. The van der Waals surface area contributed by atoms with Crippen molar-refractivity contribution >= 4 is 0 Å². The normalized spacial score (nSPS) is 14.8. The van der Waals surface area contributed by atoms with Crippen LogP contribution in [0.25, 0.3) is 0 Å². The van der Waals surface area contributed by atoms with Crippen LogP contribution in [0.1, 0.15) is 20.3 Å². The van der Waals surface area contributed by atoms with Crippen LogP contribution in [0, 0.1) is 5.92 Å². The Kier molecular flexibility index (Phi) is 7.48. The molecule has 0 fully saturated rings. The lowest BCUT2D eigenvalue weighted by Crippen LogP contribution is -2.05. The van der Waals surface area contributed by atoms with E-state index in [1.165, 1.54) is 6.08 Å². The van der Waals surface area contributed by atoms with Gasteiger partial charge in [0.05, 0.1) is 0 Å². The molecule has 0 N–H and O–H groups in total. The van der Waals surface area contributed by atoms with Crippen molar-refractivity contribution < 1.29 is 9.13 Å². The molecule has 0 saturated heterocycles. The molecule has 2 heteroatoms. The Morgan fingerprint density at radius 1 is 1.50 bits per heavy atom. The summed E-state index contributed by atoms with van der Waals surface area (Å²) in [4.78, 5) is 0. The monoisotopic (exact) mass is 224 g/mol. The van der Waals surface area contributed by atoms with Crippen molar-refractivity contribution in [3.63, 3.8) is 0 Å². The maximum absolute atomic E-state index is 13.6. The van der Waals surface area contributed by atoms with E-state index in [2.05, 4.69) is 13.2 Å². The Balaban J connectivity index is 4.76. The highest BCUT2D eigenvalue weighted by molar-refractivity contribution is 5.44. The first-order chi connectivity index (χ1) is 7.58. The largest absolute Gasteiger partial charge is 0.385 e. The minimum Gasteiger partial charge on any atom is -0.385 e. The average Bonchev–Trinajstić information content (AvgIpc) is 2.31. The van der Waals surface area contributed by atoms with Crippen molar-refractivity contribution in [2.24, 2.45) is 5.92 Å². The zero-order chi connectivity index (χ0) is 12.6. The molecule has 0 amide bonds. The molecule has 0 spiro atoms. The lowest BCUT2D eigenvalue weighted by molar-refractivity contribution is 0.185. The SMILES string of the molecule is C=C/C=C(C(=C)C(C)CCOC)\C(F)=C/C. The summed E-state index contributed by atoms with van der Waals surface area (Å²) in [6.07, 6.45) is 5.50. The molecule has 90 valence electrons. The van der Waals surface area contributed by atoms with Gasteiger partial charge in [-0.25, -0.2) is 4.39 Å². The highest BCUT2D eigenvalue weighted by atomic mass is 19.1. The highest BCUT2D eigenvalue weighted by Gasteiger charge is 2.13. The van der Waals surface area contributed by atoms with Gasteiger partial charge in [0.15, 0.2) is 0 Å². The van der Waals surface area contributed by atoms with Gasteiger partial charge >= 0.3 is 0 Å². The van der Waals surface area contributed by atoms with Crippen molar-refractivity contribution in [2.75, 3.05) is 13.7 Å².